The maximum absolute atomic E-state index is 8.62. The molecular formula is C9H18OS. The molecule has 1 atom stereocenters. The maximum Gasteiger partial charge on any atom is 0.0441 e. The van der Waals surface area contributed by atoms with E-state index in [4.69, 9.17) is 5.11 Å². The molecule has 0 spiro atoms. The fraction of sp³-hybridized carbons (Fsp3) is 0.778. The van der Waals surface area contributed by atoms with Gasteiger partial charge in [-0.05, 0) is 20.3 Å². The minimum Gasteiger partial charge on any atom is -0.396 e. The van der Waals surface area contributed by atoms with Crippen LogP contribution < -0.4 is 0 Å². The number of hydrogen-bond donors (Lipinski definition) is 1. The molecule has 0 aliphatic carbocycles. The molecule has 0 heterocycles. The van der Waals surface area contributed by atoms with E-state index in [0.717, 1.165) is 12.2 Å². The summed E-state index contributed by atoms with van der Waals surface area (Å²) in [5.41, 5.74) is 1.37. The second kappa shape index (κ2) is 6.74. The lowest BCUT2D eigenvalue weighted by atomic mass is 10.3. The summed E-state index contributed by atoms with van der Waals surface area (Å²) in [7, 11) is 0. The van der Waals surface area contributed by atoms with Crippen molar-refractivity contribution in [3.63, 3.8) is 0 Å². The monoisotopic (exact) mass is 174 g/mol. The molecular weight excluding hydrogens is 156 g/mol. The first-order valence-electron chi connectivity index (χ1n) is 4.02. The molecule has 0 aliphatic heterocycles. The zero-order valence-electron chi connectivity index (χ0n) is 7.63. The standard InChI is InChI=1S/C9H18OS/c1-8(2)5-7-11-9(3)4-6-10/h5,9-10H,4,6-7H2,1-3H3. The van der Waals surface area contributed by atoms with E-state index in [1.165, 1.54) is 5.57 Å². The van der Waals surface area contributed by atoms with E-state index in [2.05, 4.69) is 26.8 Å². The molecule has 0 fully saturated rings. The van der Waals surface area contributed by atoms with Gasteiger partial charge in [-0.2, -0.15) is 11.8 Å². The van der Waals surface area contributed by atoms with Gasteiger partial charge in [0.15, 0.2) is 0 Å². The third-order valence-corrected chi connectivity index (χ3v) is 2.57. The molecule has 0 rings (SSSR count). The zero-order chi connectivity index (χ0) is 8.69. The predicted octanol–water partition coefficient (Wildman–Crippen LogP) is 2.46. The summed E-state index contributed by atoms with van der Waals surface area (Å²) in [6.45, 7) is 6.68. The maximum atomic E-state index is 8.62. The quantitative estimate of drug-likeness (QED) is 0.646. The van der Waals surface area contributed by atoms with Crippen LogP contribution in [0, 0.1) is 0 Å². The van der Waals surface area contributed by atoms with Crippen LogP contribution >= 0.6 is 11.8 Å². The summed E-state index contributed by atoms with van der Waals surface area (Å²) in [5, 5.41) is 9.20. The Labute approximate surface area is 73.9 Å². The summed E-state index contributed by atoms with van der Waals surface area (Å²) in [6.07, 6.45) is 3.12. The molecule has 0 aromatic carbocycles. The fourth-order valence-corrected chi connectivity index (χ4v) is 1.67. The van der Waals surface area contributed by atoms with Crippen molar-refractivity contribution < 1.29 is 5.11 Å². The van der Waals surface area contributed by atoms with Crippen molar-refractivity contribution in [3.05, 3.63) is 11.6 Å². The Bertz CT molecular complexity index is 117. The molecule has 2 heteroatoms. The van der Waals surface area contributed by atoms with Crippen molar-refractivity contribution in [1.82, 2.24) is 0 Å². The van der Waals surface area contributed by atoms with Crippen molar-refractivity contribution >= 4 is 11.8 Å². The zero-order valence-corrected chi connectivity index (χ0v) is 8.45. The molecule has 0 aliphatic rings. The van der Waals surface area contributed by atoms with E-state index in [-0.39, 0.29) is 0 Å². The topological polar surface area (TPSA) is 20.2 Å². The van der Waals surface area contributed by atoms with E-state index < -0.39 is 0 Å². The van der Waals surface area contributed by atoms with Gasteiger partial charge in [0.05, 0.1) is 0 Å². The fourth-order valence-electron chi connectivity index (χ4n) is 0.644. The molecule has 1 nitrogen and oxygen atoms in total. The number of allylic oxidation sites excluding steroid dienone is 1. The molecule has 0 aromatic rings. The third kappa shape index (κ3) is 7.95. The first kappa shape index (κ1) is 11.1. The number of aliphatic hydroxyl groups is 1. The average Bonchev–Trinajstić information content (AvgIpc) is 1.87. The van der Waals surface area contributed by atoms with Crippen LogP contribution in [0.25, 0.3) is 0 Å². The normalized spacial score (nSPS) is 12.7. The molecule has 1 unspecified atom stereocenters. The van der Waals surface area contributed by atoms with Crippen molar-refractivity contribution in [1.29, 1.82) is 0 Å². The van der Waals surface area contributed by atoms with Gasteiger partial charge >= 0.3 is 0 Å². The molecule has 0 aromatic heterocycles. The van der Waals surface area contributed by atoms with Crippen LogP contribution in [0.3, 0.4) is 0 Å². The Morgan fingerprint density at radius 3 is 2.64 bits per heavy atom. The van der Waals surface area contributed by atoms with Gasteiger partial charge in [0.2, 0.25) is 0 Å². The molecule has 1 N–H and O–H groups in total. The summed E-state index contributed by atoms with van der Waals surface area (Å²) < 4.78 is 0. The molecule has 0 amide bonds. The van der Waals surface area contributed by atoms with Gasteiger partial charge in [-0.15, -0.1) is 0 Å². The average molecular weight is 174 g/mol. The van der Waals surface area contributed by atoms with E-state index in [1.807, 2.05) is 11.8 Å². The van der Waals surface area contributed by atoms with Gasteiger partial charge in [0.1, 0.15) is 0 Å². The van der Waals surface area contributed by atoms with Gasteiger partial charge in [-0.1, -0.05) is 18.6 Å². The Balaban J connectivity index is 3.31. The number of rotatable bonds is 5. The highest BCUT2D eigenvalue weighted by atomic mass is 32.2. The molecule has 0 saturated heterocycles. The Morgan fingerprint density at radius 1 is 1.55 bits per heavy atom. The van der Waals surface area contributed by atoms with Gasteiger partial charge in [0, 0.05) is 17.6 Å². The lowest BCUT2D eigenvalue weighted by molar-refractivity contribution is 0.289. The van der Waals surface area contributed by atoms with E-state index in [0.29, 0.717) is 11.9 Å². The highest BCUT2D eigenvalue weighted by molar-refractivity contribution is 8.00. The van der Waals surface area contributed by atoms with E-state index in [9.17, 15) is 0 Å². The van der Waals surface area contributed by atoms with Crippen LogP contribution in [-0.2, 0) is 0 Å². The van der Waals surface area contributed by atoms with E-state index >= 15 is 0 Å². The Morgan fingerprint density at radius 2 is 2.18 bits per heavy atom. The van der Waals surface area contributed by atoms with E-state index in [1.54, 1.807) is 0 Å². The van der Waals surface area contributed by atoms with Gasteiger partial charge < -0.3 is 5.11 Å². The van der Waals surface area contributed by atoms with Crippen molar-refractivity contribution in [2.24, 2.45) is 0 Å². The summed E-state index contributed by atoms with van der Waals surface area (Å²) >= 11 is 1.89. The van der Waals surface area contributed by atoms with Crippen LogP contribution in [0.5, 0.6) is 0 Å². The van der Waals surface area contributed by atoms with Crippen LogP contribution in [0.2, 0.25) is 0 Å². The summed E-state index contributed by atoms with van der Waals surface area (Å²) in [6, 6.07) is 0. The van der Waals surface area contributed by atoms with Crippen LogP contribution in [0.15, 0.2) is 11.6 Å². The summed E-state index contributed by atoms with van der Waals surface area (Å²) in [5.74, 6) is 1.07. The van der Waals surface area contributed by atoms with Crippen LogP contribution in [0.1, 0.15) is 27.2 Å². The number of hydrogen-bond acceptors (Lipinski definition) is 2. The van der Waals surface area contributed by atoms with Gasteiger partial charge in [0.25, 0.3) is 0 Å². The highest BCUT2D eigenvalue weighted by Crippen LogP contribution is 2.13. The number of aliphatic hydroxyl groups excluding tert-OH is 1. The first-order chi connectivity index (χ1) is 5.16. The smallest absolute Gasteiger partial charge is 0.0441 e. The molecule has 0 saturated carbocycles. The number of thioether (sulfide) groups is 1. The minimum absolute atomic E-state index is 0.309. The minimum atomic E-state index is 0.309. The van der Waals surface area contributed by atoms with Gasteiger partial charge in [-0.3, -0.25) is 0 Å². The summed E-state index contributed by atoms with van der Waals surface area (Å²) in [4.78, 5) is 0. The van der Waals surface area contributed by atoms with Crippen molar-refractivity contribution in [2.45, 2.75) is 32.4 Å². The predicted molar refractivity (Wildman–Crippen MR) is 53.1 cm³/mol. The lowest BCUT2D eigenvalue weighted by Crippen LogP contribution is -1.99. The molecule has 0 bridgehead atoms. The molecule has 66 valence electrons. The largest absolute Gasteiger partial charge is 0.396 e. The SMILES string of the molecule is CC(C)=CCSC(C)CCO. The molecule has 11 heavy (non-hydrogen) atoms. The Hall–Kier alpha value is 0.0500. The lowest BCUT2D eigenvalue weighted by Gasteiger charge is -2.06. The second-order valence-electron chi connectivity index (χ2n) is 2.94. The highest BCUT2D eigenvalue weighted by Gasteiger charge is 1.98. The van der Waals surface area contributed by atoms with Crippen molar-refractivity contribution in [2.75, 3.05) is 12.4 Å². The van der Waals surface area contributed by atoms with Crippen LogP contribution in [0.4, 0.5) is 0 Å². The third-order valence-electron chi connectivity index (χ3n) is 1.41. The van der Waals surface area contributed by atoms with Crippen LogP contribution in [-0.4, -0.2) is 22.7 Å². The van der Waals surface area contributed by atoms with Crippen molar-refractivity contribution in [3.8, 4) is 0 Å². The second-order valence-corrected chi connectivity index (χ2v) is 4.41. The molecule has 0 radical (unpaired) electrons. The van der Waals surface area contributed by atoms with Gasteiger partial charge in [-0.25, -0.2) is 0 Å². The Kier molecular flexibility index (Phi) is 6.77. The first-order valence-corrected chi connectivity index (χ1v) is 5.07.